The first-order chi connectivity index (χ1) is 58.3. The van der Waals surface area contributed by atoms with Crippen LogP contribution in [0, 0.1) is 0 Å². The average Bonchev–Trinajstić information content (AvgIpc) is 1.55. The first-order valence-corrected chi connectivity index (χ1v) is 40.8. The highest BCUT2D eigenvalue weighted by molar-refractivity contribution is 7.26. The monoisotopic (exact) mass is 1530 g/mol. The zero-order chi connectivity index (χ0) is 77.3. The van der Waals surface area contributed by atoms with Crippen LogP contribution in [0.4, 0.5) is 0 Å². The molecule has 1 aliphatic carbocycles. The van der Waals surface area contributed by atoms with E-state index in [0.29, 0.717) is 11.9 Å². The number of hydrogen-bond donors (Lipinski definition) is 0. The fraction of sp³-hybridized carbons (Fsp3) is 0.0280. The van der Waals surface area contributed by atoms with Crippen LogP contribution in [0.1, 0.15) is 25.0 Å². The molecule has 118 heavy (non-hydrogen) atoms. The predicted octanol–water partition coefficient (Wildman–Crippen LogP) is 29.5. The van der Waals surface area contributed by atoms with E-state index in [1.165, 1.54) is 27.0 Å². The summed E-state index contributed by atoms with van der Waals surface area (Å²) in [5, 5.41) is 19.7. The molecule has 11 heteroatoms. The Morgan fingerprint density at radius 1 is 0.263 bits per heavy atom. The molecule has 0 amide bonds. The quantitative estimate of drug-likeness (QED) is 0.162. The number of benzene rings is 17. The first kappa shape index (κ1) is 65.1. The fourth-order valence-corrected chi connectivity index (χ4v) is 21.0. The molecule has 1 aliphatic rings. The van der Waals surface area contributed by atoms with Crippen LogP contribution in [0.2, 0.25) is 0 Å². The zero-order valence-corrected chi connectivity index (χ0v) is 64.4. The highest BCUT2D eigenvalue weighted by atomic mass is 32.1. The van der Waals surface area contributed by atoms with Crippen molar-refractivity contribution in [1.29, 1.82) is 0 Å². The van der Waals surface area contributed by atoms with Crippen LogP contribution in [-0.2, 0) is 5.41 Å². The normalized spacial score (nSPS) is 12.9. The van der Waals surface area contributed by atoms with Crippen LogP contribution in [0.3, 0.4) is 0 Å². The van der Waals surface area contributed by atoms with Crippen LogP contribution in [0.25, 0.3) is 252 Å². The topological polar surface area (TPSA) is 114 Å². The van der Waals surface area contributed by atoms with E-state index in [2.05, 4.69) is 320 Å². The minimum absolute atomic E-state index is 0.144. The standard InChI is InChI=1S/C59H35N3O2S.C48H27N3O2/c1-59(2)44-22-9-5-15-34(44)35-27-26-32(30-45(35)59)53-57-54(41-19-8-12-25-50(41)65-57)61-58(60-53)62-46-23-10-6-18-40(46)52-47(62)29-28-42-51-37-17-4-3-14-33(37)43(31-49(51)64-56(42)52)39-21-13-20-38-36-16-7-11-24-48(36)63-55(38)39;1-2-13-28(14-3-1)45-34-18-6-9-22-38(34)49-48(50-45)51-39-23-10-7-19-35(39)44-40(51)26-25-36-43-31-17-5-4-15-29(31)37(27-42(43)53-47(36)44)33-21-12-20-32-30-16-8-11-24-41(30)52-46(32)33/h3-31H,1-2H3;1-27H. The Morgan fingerprint density at radius 2 is 0.720 bits per heavy atom. The lowest BCUT2D eigenvalue weighted by Crippen LogP contribution is -2.15. The summed E-state index contributed by atoms with van der Waals surface area (Å²) in [7, 11) is 0. The van der Waals surface area contributed by atoms with Gasteiger partial charge in [-0.3, -0.25) is 9.13 Å². The summed E-state index contributed by atoms with van der Waals surface area (Å²) in [5.74, 6) is 1.25. The Bertz CT molecular complexity index is 8890. The second-order valence-corrected chi connectivity index (χ2v) is 32.7. The van der Waals surface area contributed by atoms with Crippen molar-refractivity contribution in [2.75, 3.05) is 0 Å². The van der Waals surface area contributed by atoms with Gasteiger partial charge in [-0.2, -0.15) is 0 Å². The second kappa shape index (κ2) is 24.4. The maximum absolute atomic E-state index is 7.18. The van der Waals surface area contributed by atoms with E-state index in [1.54, 1.807) is 11.3 Å². The van der Waals surface area contributed by atoms with Gasteiger partial charge in [0.15, 0.2) is 0 Å². The van der Waals surface area contributed by atoms with E-state index >= 15 is 0 Å². The van der Waals surface area contributed by atoms with Gasteiger partial charge in [0, 0.05) is 97.0 Å². The molecule has 0 saturated carbocycles. The van der Waals surface area contributed by atoms with E-state index in [1.807, 2.05) is 42.5 Å². The third kappa shape index (κ3) is 9.15. The maximum atomic E-state index is 7.18. The van der Waals surface area contributed by atoms with E-state index in [9.17, 15) is 0 Å². The van der Waals surface area contributed by atoms with Gasteiger partial charge in [0.2, 0.25) is 11.9 Å². The molecular weight excluding hydrogens is 1470 g/mol. The van der Waals surface area contributed by atoms with Crippen LogP contribution in [0.15, 0.2) is 357 Å². The Kier molecular flexibility index (Phi) is 13.5. The summed E-state index contributed by atoms with van der Waals surface area (Å²) in [6, 6.07) is 120. The highest BCUT2D eigenvalue weighted by Crippen LogP contribution is 2.53. The zero-order valence-electron chi connectivity index (χ0n) is 63.6. The summed E-state index contributed by atoms with van der Waals surface area (Å²) >= 11 is 1.77. The van der Waals surface area contributed by atoms with Crippen molar-refractivity contribution < 1.29 is 17.7 Å². The Labute approximate surface area is 675 Å². The van der Waals surface area contributed by atoms with E-state index in [-0.39, 0.29) is 5.41 Å². The molecule has 0 unspecified atom stereocenters. The molecule has 9 aromatic heterocycles. The largest absolute Gasteiger partial charge is 0.455 e. The molecule has 0 N–H and O–H groups in total. The number of rotatable bonds is 6. The maximum Gasteiger partial charge on any atom is 0.235 e. The fourth-order valence-electron chi connectivity index (χ4n) is 19.8. The Hall–Kier alpha value is -15.3. The number of hydrogen-bond acceptors (Lipinski definition) is 9. The SMILES string of the molecule is CC1(C)c2ccccc2-c2ccc(-c3nc(-n4c5ccccc5c5c6oc7cc(-c8cccc9c8oc8ccccc89)c8ccccc8c7c6ccc54)nc4c3sc3ccccc34)cc21.c1ccc(-c2nc(-n3c4ccccc4c4c5oc6cc(-c7cccc8c7oc7ccccc78)c7ccccc7c6c5ccc43)nc3ccccc23)cc1. The summed E-state index contributed by atoms with van der Waals surface area (Å²) in [5.41, 5.74) is 26.1. The lowest BCUT2D eigenvalue weighted by molar-refractivity contribution is 0.660. The van der Waals surface area contributed by atoms with Crippen molar-refractivity contribution in [2.24, 2.45) is 0 Å². The average molecular weight is 1530 g/mol. The van der Waals surface area contributed by atoms with Gasteiger partial charge in [0.25, 0.3) is 0 Å². The number of furan rings is 4. The molecule has 9 heterocycles. The third-order valence-corrected chi connectivity index (χ3v) is 26.2. The number of fused-ring (bicyclic) bond motifs is 31. The molecule has 0 spiro atoms. The van der Waals surface area contributed by atoms with Crippen molar-refractivity contribution >= 4 is 195 Å². The molecule has 0 aliphatic heterocycles. The predicted molar refractivity (Wildman–Crippen MR) is 487 cm³/mol. The van der Waals surface area contributed by atoms with Gasteiger partial charge in [0.05, 0.1) is 60.0 Å². The van der Waals surface area contributed by atoms with Gasteiger partial charge >= 0.3 is 0 Å². The molecule has 10 nitrogen and oxygen atoms in total. The smallest absolute Gasteiger partial charge is 0.235 e. The van der Waals surface area contributed by atoms with Crippen molar-refractivity contribution in [2.45, 2.75) is 19.3 Å². The summed E-state index contributed by atoms with van der Waals surface area (Å²) in [4.78, 5) is 21.5. The number of thiophene rings is 1. The molecule has 26 aromatic rings. The van der Waals surface area contributed by atoms with Gasteiger partial charge in [0.1, 0.15) is 44.7 Å². The van der Waals surface area contributed by atoms with Gasteiger partial charge in [-0.05, 0) is 134 Å². The van der Waals surface area contributed by atoms with Crippen LogP contribution in [-0.4, -0.2) is 29.1 Å². The molecule has 0 atom stereocenters. The third-order valence-electron chi connectivity index (χ3n) is 25.1. The van der Waals surface area contributed by atoms with E-state index in [4.69, 9.17) is 37.6 Å². The van der Waals surface area contributed by atoms with Crippen molar-refractivity contribution in [3.63, 3.8) is 0 Å². The minimum atomic E-state index is -0.144. The molecule has 27 rings (SSSR count). The molecular formula is C107H62N6O4S. The van der Waals surface area contributed by atoms with Gasteiger partial charge in [-0.1, -0.05) is 275 Å². The molecule has 17 aromatic carbocycles. The van der Waals surface area contributed by atoms with E-state index < -0.39 is 0 Å². The van der Waals surface area contributed by atoms with E-state index in [0.717, 1.165) is 224 Å². The Balaban J connectivity index is 0.000000131. The van der Waals surface area contributed by atoms with Crippen molar-refractivity contribution in [3.8, 4) is 67.8 Å². The molecule has 0 saturated heterocycles. The molecule has 550 valence electrons. The summed E-state index contributed by atoms with van der Waals surface area (Å²) in [6.07, 6.45) is 0. The highest BCUT2D eigenvalue weighted by Gasteiger charge is 2.36. The van der Waals surface area contributed by atoms with Crippen LogP contribution < -0.4 is 0 Å². The second-order valence-electron chi connectivity index (χ2n) is 31.7. The van der Waals surface area contributed by atoms with Gasteiger partial charge in [-0.15, -0.1) is 11.3 Å². The minimum Gasteiger partial charge on any atom is -0.455 e. The lowest BCUT2D eigenvalue weighted by atomic mass is 9.82. The van der Waals surface area contributed by atoms with Crippen LogP contribution in [0.5, 0.6) is 0 Å². The number of para-hydroxylation sites is 7. The summed E-state index contributed by atoms with van der Waals surface area (Å²) in [6.45, 7) is 4.67. The van der Waals surface area contributed by atoms with Gasteiger partial charge in [-0.25, -0.2) is 19.9 Å². The van der Waals surface area contributed by atoms with Crippen LogP contribution >= 0.6 is 11.3 Å². The summed E-state index contributed by atoms with van der Waals surface area (Å²) < 4.78 is 34.0. The number of aromatic nitrogens is 6. The first-order valence-electron chi connectivity index (χ1n) is 40.0. The Morgan fingerprint density at radius 3 is 1.33 bits per heavy atom. The van der Waals surface area contributed by atoms with Gasteiger partial charge < -0.3 is 17.7 Å². The number of nitrogens with zero attached hydrogens (tertiary/aromatic N) is 6. The van der Waals surface area contributed by atoms with Crippen molar-refractivity contribution in [3.05, 3.63) is 351 Å². The lowest BCUT2D eigenvalue weighted by Gasteiger charge is -2.22. The molecule has 0 radical (unpaired) electrons. The molecule has 0 fully saturated rings. The molecule has 0 bridgehead atoms. The van der Waals surface area contributed by atoms with Crippen molar-refractivity contribution in [1.82, 2.24) is 29.1 Å².